The van der Waals surface area contributed by atoms with Gasteiger partial charge in [-0.25, -0.2) is 8.42 Å². The maximum Gasteiger partial charge on any atom is 0.243 e. The maximum absolute atomic E-state index is 12.8. The van der Waals surface area contributed by atoms with E-state index in [-0.39, 0.29) is 11.9 Å². The third-order valence-corrected chi connectivity index (χ3v) is 7.26. The highest BCUT2D eigenvalue weighted by atomic mass is 32.2. The summed E-state index contributed by atoms with van der Waals surface area (Å²) in [4.78, 5) is 12.5. The van der Waals surface area contributed by atoms with Crippen LogP contribution in [0.25, 0.3) is 0 Å². The Hall–Kier alpha value is -2.38. The molecule has 1 fully saturated rings. The summed E-state index contributed by atoms with van der Waals surface area (Å²) in [6, 6.07) is 16.6. The molecule has 1 amide bonds. The van der Waals surface area contributed by atoms with Crippen molar-refractivity contribution in [1.29, 1.82) is 0 Å². The van der Waals surface area contributed by atoms with Crippen molar-refractivity contribution in [1.82, 2.24) is 9.62 Å². The van der Waals surface area contributed by atoms with E-state index >= 15 is 0 Å². The van der Waals surface area contributed by atoms with Crippen LogP contribution < -0.4 is 10.1 Å². The smallest absolute Gasteiger partial charge is 0.243 e. The molecule has 2 aromatic rings. The van der Waals surface area contributed by atoms with Gasteiger partial charge in [0.1, 0.15) is 5.75 Å². The summed E-state index contributed by atoms with van der Waals surface area (Å²) in [5.74, 6) is 0.791. The Bertz CT molecular complexity index is 906. The molecule has 0 bridgehead atoms. The van der Waals surface area contributed by atoms with E-state index in [1.807, 2.05) is 49.4 Å². The predicted molar refractivity (Wildman–Crippen MR) is 117 cm³/mol. The van der Waals surface area contributed by atoms with Crippen LogP contribution in [-0.4, -0.2) is 44.4 Å². The average Bonchev–Trinajstić information content (AvgIpc) is 2.78. The van der Waals surface area contributed by atoms with Gasteiger partial charge in [0.05, 0.1) is 11.5 Å². The summed E-state index contributed by atoms with van der Waals surface area (Å²) < 4.78 is 32.8. The number of benzene rings is 2. The molecule has 2 aromatic carbocycles. The van der Waals surface area contributed by atoms with Crippen LogP contribution in [0.15, 0.2) is 59.5 Å². The fourth-order valence-corrected chi connectivity index (χ4v) is 5.00. The summed E-state index contributed by atoms with van der Waals surface area (Å²) >= 11 is 0. The molecule has 0 aliphatic carbocycles. The lowest BCUT2D eigenvalue weighted by Crippen LogP contribution is -2.46. The van der Waals surface area contributed by atoms with Crippen molar-refractivity contribution in [3.8, 4) is 5.75 Å². The molecule has 1 heterocycles. The summed E-state index contributed by atoms with van der Waals surface area (Å²) in [6.45, 7) is 3.36. The van der Waals surface area contributed by atoms with Gasteiger partial charge in [-0.1, -0.05) is 37.3 Å². The number of rotatable bonds is 9. The topological polar surface area (TPSA) is 75.7 Å². The largest absolute Gasteiger partial charge is 0.494 e. The van der Waals surface area contributed by atoms with E-state index in [1.54, 1.807) is 12.1 Å². The highest BCUT2D eigenvalue weighted by molar-refractivity contribution is 7.89. The Morgan fingerprint density at radius 1 is 1.07 bits per heavy atom. The summed E-state index contributed by atoms with van der Waals surface area (Å²) in [7, 11) is -3.48. The SMILES string of the molecule is CCc1ccc(S(=O)(=O)N2CCC(NC(=O)CCCOc3ccccc3)CC2)cc1. The van der Waals surface area contributed by atoms with Crippen molar-refractivity contribution in [2.75, 3.05) is 19.7 Å². The van der Waals surface area contributed by atoms with Crippen molar-refractivity contribution >= 4 is 15.9 Å². The number of carbonyl (C=O) groups excluding carboxylic acids is 1. The molecule has 7 heteroatoms. The Labute approximate surface area is 179 Å². The van der Waals surface area contributed by atoms with Gasteiger partial charge in [-0.2, -0.15) is 4.31 Å². The molecule has 1 N–H and O–H groups in total. The highest BCUT2D eigenvalue weighted by Crippen LogP contribution is 2.21. The summed E-state index contributed by atoms with van der Waals surface area (Å²) in [5.41, 5.74) is 1.12. The minimum Gasteiger partial charge on any atom is -0.494 e. The number of sulfonamides is 1. The molecular weight excluding hydrogens is 400 g/mol. The first-order chi connectivity index (χ1) is 14.5. The molecule has 1 aliphatic heterocycles. The van der Waals surface area contributed by atoms with Crippen LogP contribution in [0.5, 0.6) is 5.75 Å². The Balaban J connectivity index is 1.39. The zero-order valence-electron chi connectivity index (χ0n) is 17.4. The number of carbonyl (C=O) groups is 1. The third kappa shape index (κ3) is 6.06. The van der Waals surface area contributed by atoms with Crippen LogP contribution in [0.3, 0.4) is 0 Å². The molecule has 1 saturated heterocycles. The first kappa shape index (κ1) is 22.3. The van der Waals surface area contributed by atoms with Gasteiger partial charge in [-0.3, -0.25) is 4.79 Å². The quantitative estimate of drug-likeness (QED) is 0.619. The van der Waals surface area contributed by atoms with Crippen molar-refractivity contribution in [3.05, 3.63) is 60.2 Å². The lowest BCUT2D eigenvalue weighted by atomic mass is 10.1. The lowest BCUT2D eigenvalue weighted by Gasteiger charge is -2.31. The fourth-order valence-electron chi connectivity index (χ4n) is 3.53. The minimum absolute atomic E-state index is 0.0110. The highest BCUT2D eigenvalue weighted by Gasteiger charge is 2.29. The van der Waals surface area contributed by atoms with Crippen LogP contribution in [0, 0.1) is 0 Å². The average molecular weight is 431 g/mol. The molecule has 0 radical (unpaired) electrons. The van der Waals surface area contributed by atoms with E-state index in [4.69, 9.17) is 4.74 Å². The molecular formula is C23H30N2O4S. The Morgan fingerprint density at radius 3 is 2.37 bits per heavy atom. The first-order valence-corrected chi connectivity index (χ1v) is 12.0. The Kier molecular flexibility index (Phi) is 7.87. The van der Waals surface area contributed by atoms with Gasteiger partial charge < -0.3 is 10.1 Å². The van der Waals surface area contributed by atoms with Crippen LogP contribution in [0.2, 0.25) is 0 Å². The van der Waals surface area contributed by atoms with Crippen LogP contribution in [-0.2, 0) is 21.2 Å². The second-order valence-corrected chi connectivity index (χ2v) is 9.45. The number of hydrogen-bond donors (Lipinski definition) is 1. The monoisotopic (exact) mass is 430 g/mol. The standard InChI is InChI=1S/C23H30N2O4S/c1-2-19-10-12-22(13-11-19)30(27,28)25-16-14-20(15-17-25)24-23(26)9-6-18-29-21-7-4-3-5-8-21/h3-5,7-8,10-13,20H,2,6,9,14-18H2,1H3,(H,24,26). The van der Waals surface area contributed by atoms with Crippen molar-refractivity contribution in [3.63, 3.8) is 0 Å². The van der Waals surface area contributed by atoms with E-state index in [0.717, 1.165) is 17.7 Å². The van der Waals surface area contributed by atoms with Crippen molar-refractivity contribution in [2.45, 2.75) is 50.0 Å². The Morgan fingerprint density at radius 2 is 1.73 bits per heavy atom. The number of nitrogens with one attached hydrogen (secondary N) is 1. The van der Waals surface area contributed by atoms with Gasteiger partial charge in [0.25, 0.3) is 0 Å². The first-order valence-electron chi connectivity index (χ1n) is 10.6. The van der Waals surface area contributed by atoms with E-state index in [9.17, 15) is 13.2 Å². The van der Waals surface area contributed by atoms with E-state index in [1.165, 1.54) is 4.31 Å². The van der Waals surface area contributed by atoms with Crippen molar-refractivity contribution < 1.29 is 17.9 Å². The molecule has 1 aliphatic rings. The molecule has 30 heavy (non-hydrogen) atoms. The summed E-state index contributed by atoms with van der Waals surface area (Å²) in [5, 5.41) is 3.03. The van der Waals surface area contributed by atoms with Gasteiger partial charge >= 0.3 is 0 Å². The molecule has 0 aromatic heterocycles. The normalized spacial score (nSPS) is 15.6. The van der Waals surface area contributed by atoms with E-state index < -0.39 is 10.0 Å². The number of piperidine rings is 1. The molecule has 162 valence electrons. The van der Waals surface area contributed by atoms with Crippen LogP contribution >= 0.6 is 0 Å². The molecule has 0 atom stereocenters. The number of aryl methyl sites for hydroxylation is 1. The van der Waals surface area contributed by atoms with Crippen molar-refractivity contribution in [2.24, 2.45) is 0 Å². The third-order valence-electron chi connectivity index (χ3n) is 5.35. The second kappa shape index (κ2) is 10.6. The number of ether oxygens (including phenoxy) is 1. The zero-order valence-corrected chi connectivity index (χ0v) is 18.2. The van der Waals surface area contributed by atoms with Crippen LogP contribution in [0.1, 0.15) is 38.2 Å². The van der Waals surface area contributed by atoms with Gasteiger partial charge in [0, 0.05) is 25.6 Å². The van der Waals surface area contributed by atoms with E-state index in [0.29, 0.717) is 50.3 Å². The lowest BCUT2D eigenvalue weighted by molar-refractivity contribution is -0.122. The maximum atomic E-state index is 12.8. The number of nitrogens with zero attached hydrogens (tertiary/aromatic N) is 1. The van der Waals surface area contributed by atoms with Gasteiger partial charge in [-0.05, 0) is 55.5 Å². The minimum atomic E-state index is -3.48. The molecule has 0 saturated carbocycles. The molecule has 0 spiro atoms. The molecule has 6 nitrogen and oxygen atoms in total. The summed E-state index contributed by atoms with van der Waals surface area (Å²) in [6.07, 6.45) is 3.16. The van der Waals surface area contributed by atoms with Gasteiger partial charge in [0.15, 0.2) is 0 Å². The van der Waals surface area contributed by atoms with Gasteiger partial charge in [-0.15, -0.1) is 0 Å². The fraction of sp³-hybridized carbons (Fsp3) is 0.435. The van der Waals surface area contributed by atoms with Gasteiger partial charge in [0.2, 0.25) is 15.9 Å². The predicted octanol–water partition coefficient (Wildman–Crippen LogP) is 3.38. The zero-order chi connectivity index (χ0) is 21.4. The second-order valence-electron chi connectivity index (χ2n) is 7.51. The molecule has 0 unspecified atom stereocenters. The number of para-hydroxylation sites is 1. The van der Waals surface area contributed by atoms with E-state index in [2.05, 4.69) is 5.32 Å². The number of amides is 1. The number of hydrogen-bond acceptors (Lipinski definition) is 4. The molecule has 3 rings (SSSR count). The van der Waals surface area contributed by atoms with Crippen LogP contribution in [0.4, 0.5) is 0 Å².